The summed E-state index contributed by atoms with van der Waals surface area (Å²) in [7, 11) is 1.56. The maximum Gasteiger partial charge on any atom is 0.226 e. The number of nitrogens with one attached hydrogen (secondary N) is 1. The molecular formula is C19H23ClN2O2. The van der Waals surface area contributed by atoms with Gasteiger partial charge in [-0.3, -0.25) is 4.79 Å². The lowest BCUT2D eigenvalue weighted by Gasteiger charge is -2.23. The minimum atomic E-state index is -0.0679. The second kappa shape index (κ2) is 8.60. The van der Waals surface area contributed by atoms with Crippen molar-refractivity contribution in [1.82, 2.24) is 0 Å². The van der Waals surface area contributed by atoms with Gasteiger partial charge in [0.15, 0.2) is 0 Å². The lowest BCUT2D eigenvalue weighted by Crippen LogP contribution is -2.27. The highest BCUT2D eigenvalue weighted by atomic mass is 35.5. The van der Waals surface area contributed by atoms with Crippen LogP contribution in [0.1, 0.15) is 18.9 Å². The number of ether oxygens (including phenoxy) is 1. The van der Waals surface area contributed by atoms with Gasteiger partial charge in [0.25, 0.3) is 0 Å². The molecule has 0 aliphatic rings. The summed E-state index contributed by atoms with van der Waals surface area (Å²) < 4.78 is 5.25. The Bertz CT molecular complexity index is 704. The standard InChI is InChI=1S/C19H23ClN2O2/c1-4-22(16-7-5-6-14(2)12-16)11-10-19(23)21-17-13-15(20)8-9-18(17)24-3/h5-9,12-13H,4,10-11H2,1-3H3,(H,21,23). The van der Waals surface area contributed by atoms with Gasteiger partial charge in [-0.05, 0) is 49.7 Å². The summed E-state index contributed by atoms with van der Waals surface area (Å²) in [5.74, 6) is 0.528. The van der Waals surface area contributed by atoms with E-state index in [1.807, 2.05) is 6.07 Å². The van der Waals surface area contributed by atoms with Crippen LogP contribution in [-0.2, 0) is 4.79 Å². The van der Waals surface area contributed by atoms with E-state index in [2.05, 4.69) is 42.3 Å². The molecule has 5 heteroatoms. The van der Waals surface area contributed by atoms with Crippen LogP contribution in [0.5, 0.6) is 5.75 Å². The van der Waals surface area contributed by atoms with E-state index in [-0.39, 0.29) is 5.91 Å². The van der Waals surface area contributed by atoms with E-state index in [9.17, 15) is 4.79 Å². The first-order valence-corrected chi connectivity index (χ1v) is 8.36. The van der Waals surface area contributed by atoms with Crippen molar-refractivity contribution >= 4 is 28.9 Å². The molecule has 0 bridgehead atoms. The number of amides is 1. The first-order chi connectivity index (χ1) is 11.5. The van der Waals surface area contributed by atoms with E-state index < -0.39 is 0 Å². The van der Waals surface area contributed by atoms with Gasteiger partial charge in [0.05, 0.1) is 12.8 Å². The van der Waals surface area contributed by atoms with Crippen molar-refractivity contribution in [2.24, 2.45) is 0 Å². The zero-order chi connectivity index (χ0) is 17.5. The number of nitrogens with zero attached hydrogens (tertiary/aromatic N) is 1. The Morgan fingerprint density at radius 2 is 2.04 bits per heavy atom. The van der Waals surface area contributed by atoms with E-state index in [1.54, 1.807) is 25.3 Å². The largest absolute Gasteiger partial charge is 0.495 e. The van der Waals surface area contributed by atoms with E-state index in [4.69, 9.17) is 16.3 Å². The van der Waals surface area contributed by atoms with Crippen molar-refractivity contribution in [2.75, 3.05) is 30.4 Å². The fourth-order valence-corrected chi connectivity index (χ4v) is 2.69. The van der Waals surface area contributed by atoms with Gasteiger partial charge in [0.2, 0.25) is 5.91 Å². The highest BCUT2D eigenvalue weighted by Gasteiger charge is 2.11. The van der Waals surface area contributed by atoms with E-state index >= 15 is 0 Å². The molecule has 0 saturated carbocycles. The van der Waals surface area contributed by atoms with Crippen molar-refractivity contribution < 1.29 is 9.53 Å². The molecule has 0 aliphatic carbocycles. The SMILES string of the molecule is CCN(CCC(=O)Nc1cc(Cl)ccc1OC)c1cccc(C)c1. The summed E-state index contributed by atoms with van der Waals surface area (Å²) in [6.45, 7) is 5.64. The monoisotopic (exact) mass is 346 g/mol. The summed E-state index contributed by atoms with van der Waals surface area (Å²) in [5, 5.41) is 3.43. The average molecular weight is 347 g/mol. The molecule has 1 amide bonds. The lowest BCUT2D eigenvalue weighted by atomic mass is 10.2. The summed E-state index contributed by atoms with van der Waals surface area (Å²) in [6.07, 6.45) is 0.386. The van der Waals surface area contributed by atoms with Crippen molar-refractivity contribution in [3.8, 4) is 5.75 Å². The Hall–Kier alpha value is -2.20. The first kappa shape index (κ1) is 18.1. The Kier molecular flexibility index (Phi) is 6.50. The molecule has 4 nitrogen and oxygen atoms in total. The summed E-state index contributed by atoms with van der Waals surface area (Å²) in [4.78, 5) is 14.5. The van der Waals surface area contributed by atoms with Gasteiger partial charge in [-0.25, -0.2) is 0 Å². The van der Waals surface area contributed by atoms with Crippen LogP contribution in [0.4, 0.5) is 11.4 Å². The smallest absolute Gasteiger partial charge is 0.226 e. The summed E-state index contributed by atoms with van der Waals surface area (Å²) in [5.41, 5.74) is 2.93. The molecule has 0 radical (unpaired) electrons. The highest BCUT2D eigenvalue weighted by molar-refractivity contribution is 6.31. The number of carbonyl (C=O) groups is 1. The summed E-state index contributed by atoms with van der Waals surface area (Å²) in [6, 6.07) is 13.4. The maximum atomic E-state index is 12.3. The molecular weight excluding hydrogens is 324 g/mol. The molecule has 1 N–H and O–H groups in total. The quantitative estimate of drug-likeness (QED) is 0.801. The molecule has 0 aliphatic heterocycles. The number of hydrogen-bond donors (Lipinski definition) is 1. The lowest BCUT2D eigenvalue weighted by molar-refractivity contribution is -0.116. The van der Waals surface area contributed by atoms with Gasteiger partial charge in [-0.15, -0.1) is 0 Å². The molecule has 0 heterocycles. The van der Waals surface area contributed by atoms with Gasteiger partial charge < -0.3 is 15.0 Å². The molecule has 0 spiro atoms. The number of rotatable bonds is 7. The molecule has 24 heavy (non-hydrogen) atoms. The minimum absolute atomic E-state index is 0.0679. The van der Waals surface area contributed by atoms with Crippen molar-refractivity contribution in [3.05, 3.63) is 53.1 Å². The second-order valence-electron chi connectivity index (χ2n) is 5.56. The van der Waals surface area contributed by atoms with Crippen molar-refractivity contribution in [3.63, 3.8) is 0 Å². The van der Waals surface area contributed by atoms with Crippen LogP contribution in [0.25, 0.3) is 0 Å². The molecule has 0 fully saturated rings. The Balaban J connectivity index is 1.98. The fourth-order valence-electron chi connectivity index (χ4n) is 2.52. The van der Waals surface area contributed by atoms with E-state index in [0.717, 1.165) is 12.2 Å². The third-order valence-corrected chi connectivity index (χ3v) is 4.03. The fraction of sp³-hybridized carbons (Fsp3) is 0.316. The number of carbonyl (C=O) groups excluding carboxylic acids is 1. The highest BCUT2D eigenvalue weighted by Crippen LogP contribution is 2.27. The minimum Gasteiger partial charge on any atom is -0.495 e. The van der Waals surface area contributed by atoms with E-state index in [1.165, 1.54) is 5.56 Å². The van der Waals surface area contributed by atoms with Crippen molar-refractivity contribution in [1.29, 1.82) is 0 Å². The van der Waals surface area contributed by atoms with E-state index in [0.29, 0.717) is 29.4 Å². The molecule has 128 valence electrons. The predicted octanol–water partition coefficient (Wildman–Crippen LogP) is 4.51. The third-order valence-electron chi connectivity index (χ3n) is 3.79. The normalized spacial score (nSPS) is 10.3. The Morgan fingerprint density at radius 3 is 2.71 bits per heavy atom. The van der Waals surface area contributed by atoms with Crippen LogP contribution < -0.4 is 15.0 Å². The number of aryl methyl sites for hydroxylation is 1. The number of halogens is 1. The van der Waals surface area contributed by atoms with Crippen LogP contribution in [0.15, 0.2) is 42.5 Å². The van der Waals surface area contributed by atoms with Gasteiger partial charge in [0, 0.05) is 30.2 Å². The molecule has 0 aromatic heterocycles. The van der Waals surface area contributed by atoms with Crippen LogP contribution in [0.2, 0.25) is 5.02 Å². The van der Waals surface area contributed by atoms with Crippen molar-refractivity contribution in [2.45, 2.75) is 20.3 Å². The topological polar surface area (TPSA) is 41.6 Å². The number of methoxy groups -OCH3 is 1. The Labute approximate surface area is 148 Å². The van der Waals surface area contributed by atoms with Gasteiger partial charge >= 0.3 is 0 Å². The maximum absolute atomic E-state index is 12.3. The molecule has 0 unspecified atom stereocenters. The van der Waals surface area contributed by atoms with Crippen LogP contribution >= 0.6 is 11.6 Å². The summed E-state index contributed by atoms with van der Waals surface area (Å²) >= 11 is 5.99. The average Bonchev–Trinajstić information content (AvgIpc) is 2.56. The molecule has 0 atom stereocenters. The first-order valence-electron chi connectivity index (χ1n) is 7.98. The second-order valence-corrected chi connectivity index (χ2v) is 6.00. The number of hydrogen-bond acceptors (Lipinski definition) is 3. The Morgan fingerprint density at radius 1 is 1.25 bits per heavy atom. The third kappa shape index (κ3) is 4.90. The van der Waals surface area contributed by atoms with Crippen LogP contribution in [0.3, 0.4) is 0 Å². The zero-order valence-electron chi connectivity index (χ0n) is 14.3. The van der Waals surface area contributed by atoms with Crippen LogP contribution in [0, 0.1) is 6.92 Å². The zero-order valence-corrected chi connectivity index (χ0v) is 15.1. The van der Waals surface area contributed by atoms with Gasteiger partial charge in [0.1, 0.15) is 5.75 Å². The number of benzene rings is 2. The van der Waals surface area contributed by atoms with Crippen LogP contribution in [-0.4, -0.2) is 26.1 Å². The molecule has 0 saturated heterocycles. The molecule has 2 rings (SSSR count). The van der Waals surface area contributed by atoms with Gasteiger partial charge in [-0.2, -0.15) is 0 Å². The van der Waals surface area contributed by atoms with Gasteiger partial charge in [-0.1, -0.05) is 23.7 Å². The number of anilines is 2. The molecule has 2 aromatic rings. The molecule has 2 aromatic carbocycles. The predicted molar refractivity (Wildman–Crippen MR) is 100 cm³/mol.